The van der Waals surface area contributed by atoms with E-state index in [4.69, 9.17) is 5.26 Å². The molecule has 0 aromatic rings. The summed E-state index contributed by atoms with van der Waals surface area (Å²) in [6, 6.07) is 1.76. The Balaban J connectivity index is 2.48. The molecule has 1 aliphatic rings. The molecule has 0 radical (unpaired) electrons. The van der Waals surface area contributed by atoms with E-state index in [2.05, 4.69) is 24.5 Å². The second-order valence-electron chi connectivity index (χ2n) is 5.10. The Morgan fingerprint density at radius 3 is 2.54 bits per heavy atom. The van der Waals surface area contributed by atoms with Crippen LogP contribution in [0.1, 0.15) is 6.42 Å². The number of hydrogen-bond donors (Lipinski definition) is 0. The molecule has 1 atom stereocenters. The summed E-state index contributed by atoms with van der Waals surface area (Å²) in [6.07, 6.45) is 1.38. The number of hydrogen-bond acceptors (Lipinski definition) is 2. The maximum Gasteiger partial charge on any atom is 0.209 e. The fourth-order valence-corrected chi connectivity index (χ4v) is 3.36. The highest BCUT2D eigenvalue weighted by Crippen LogP contribution is 2.25. The molecule has 1 heterocycles. The lowest BCUT2D eigenvalue weighted by Crippen LogP contribution is -2.40. The predicted octanol–water partition coefficient (Wildman–Crippen LogP) is 1.80. The van der Waals surface area contributed by atoms with Crippen LogP contribution in [0.15, 0.2) is 0 Å². The van der Waals surface area contributed by atoms with Gasteiger partial charge in [-0.2, -0.15) is 5.26 Å². The van der Waals surface area contributed by atoms with Crippen LogP contribution in [0.3, 0.4) is 0 Å². The van der Waals surface area contributed by atoms with Crippen molar-refractivity contribution in [3.05, 3.63) is 0 Å². The van der Waals surface area contributed by atoms with Crippen LogP contribution < -0.4 is 0 Å². The fraction of sp³-hybridized carbons (Fsp3) is 0.889. The van der Waals surface area contributed by atoms with Gasteiger partial charge in [-0.3, -0.25) is 0 Å². The highest BCUT2D eigenvalue weighted by molar-refractivity contribution is 6.76. The van der Waals surface area contributed by atoms with Gasteiger partial charge < -0.3 is 4.90 Å². The topological polar surface area (TPSA) is 27.0 Å². The minimum absolute atomic E-state index is 0.313. The molecule has 2 nitrogen and oxygen atoms in total. The van der Waals surface area contributed by atoms with Crippen molar-refractivity contribution in [2.45, 2.75) is 31.7 Å². The SMILES string of the molecule is C[Si](C)(C)CN1CCC(F)(C#N)C1. The van der Waals surface area contributed by atoms with Crippen LogP contribution in [-0.4, -0.2) is 37.9 Å². The number of likely N-dealkylation sites (tertiary alicyclic amines) is 1. The Morgan fingerprint density at radius 2 is 2.15 bits per heavy atom. The Hall–Kier alpha value is -0.403. The van der Waals surface area contributed by atoms with Crippen LogP contribution in [0.25, 0.3) is 0 Å². The largest absolute Gasteiger partial charge is 0.302 e. The Labute approximate surface area is 80.4 Å². The van der Waals surface area contributed by atoms with Gasteiger partial charge in [-0.1, -0.05) is 19.6 Å². The van der Waals surface area contributed by atoms with Crippen molar-refractivity contribution in [3.8, 4) is 6.07 Å². The zero-order valence-electron chi connectivity index (χ0n) is 8.60. The molecule has 0 aromatic carbocycles. The third-order valence-electron chi connectivity index (χ3n) is 2.20. The molecule has 1 unspecified atom stereocenters. The van der Waals surface area contributed by atoms with Gasteiger partial charge >= 0.3 is 0 Å². The predicted molar refractivity (Wildman–Crippen MR) is 53.9 cm³/mol. The summed E-state index contributed by atoms with van der Waals surface area (Å²) >= 11 is 0. The average Bonchev–Trinajstić information content (AvgIpc) is 2.30. The first-order chi connectivity index (χ1) is 5.85. The molecule has 1 aliphatic heterocycles. The normalized spacial score (nSPS) is 30.4. The molecule has 0 spiro atoms. The first-order valence-electron chi connectivity index (χ1n) is 4.67. The Kier molecular flexibility index (Phi) is 2.78. The van der Waals surface area contributed by atoms with Crippen LogP contribution in [0.2, 0.25) is 19.6 Å². The average molecular weight is 200 g/mol. The lowest BCUT2D eigenvalue weighted by molar-refractivity contribution is 0.239. The number of rotatable bonds is 2. The minimum atomic E-state index is -1.57. The highest BCUT2D eigenvalue weighted by Gasteiger charge is 2.39. The summed E-state index contributed by atoms with van der Waals surface area (Å²) in [4.78, 5) is 2.09. The van der Waals surface area contributed by atoms with Crippen molar-refractivity contribution in [2.75, 3.05) is 19.3 Å². The van der Waals surface area contributed by atoms with Crippen LogP contribution in [0.5, 0.6) is 0 Å². The lowest BCUT2D eigenvalue weighted by atomic mass is 10.1. The Morgan fingerprint density at radius 1 is 1.54 bits per heavy atom. The molecule has 1 fully saturated rings. The number of nitriles is 1. The first-order valence-corrected chi connectivity index (χ1v) is 8.38. The second kappa shape index (κ2) is 3.39. The molecule has 0 aromatic heterocycles. The van der Waals surface area contributed by atoms with E-state index in [1.54, 1.807) is 6.07 Å². The third kappa shape index (κ3) is 3.09. The molecule has 1 saturated heterocycles. The van der Waals surface area contributed by atoms with Crippen molar-refractivity contribution in [2.24, 2.45) is 0 Å². The molecule has 0 saturated carbocycles. The monoisotopic (exact) mass is 200 g/mol. The van der Waals surface area contributed by atoms with Gasteiger partial charge in [-0.15, -0.1) is 0 Å². The number of alkyl halides is 1. The lowest BCUT2D eigenvalue weighted by Gasteiger charge is -2.24. The number of nitrogens with zero attached hydrogens (tertiary/aromatic N) is 2. The molecule has 13 heavy (non-hydrogen) atoms. The summed E-state index contributed by atoms with van der Waals surface area (Å²) in [6.45, 7) is 7.84. The van der Waals surface area contributed by atoms with Crippen LogP contribution in [-0.2, 0) is 0 Å². The van der Waals surface area contributed by atoms with Crippen LogP contribution >= 0.6 is 0 Å². The molecule has 1 rings (SSSR count). The maximum atomic E-state index is 13.5. The van der Waals surface area contributed by atoms with E-state index in [1.807, 2.05) is 0 Å². The van der Waals surface area contributed by atoms with E-state index in [0.29, 0.717) is 13.0 Å². The van der Waals surface area contributed by atoms with Gasteiger partial charge in [0.2, 0.25) is 5.67 Å². The van der Waals surface area contributed by atoms with Crippen molar-refractivity contribution in [1.82, 2.24) is 4.90 Å². The van der Waals surface area contributed by atoms with Gasteiger partial charge in [0.25, 0.3) is 0 Å². The summed E-state index contributed by atoms with van der Waals surface area (Å²) in [5.41, 5.74) is -1.57. The zero-order chi connectivity index (χ0) is 10.1. The summed E-state index contributed by atoms with van der Waals surface area (Å²) in [5, 5.41) is 8.60. The van der Waals surface area contributed by atoms with E-state index < -0.39 is 13.7 Å². The molecule has 4 heteroatoms. The number of halogens is 1. The van der Waals surface area contributed by atoms with E-state index in [-0.39, 0.29) is 0 Å². The molecule has 0 amide bonds. The summed E-state index contributed by atoms with van der Waals surface area (Å²) < 4.78 is 13.5. The summed E-state index contributed by atoms with van der Waals surface area (Å²) in [5.74, 6) is 0. The van der Waals surface area contributed by atoms with Gasteiger partial charge in [0, 0.05) is 19.5 Å². The fourth-order valence-electron chi connectivity index (χ4n) is 1.74. The molecule has 74 valence electrons. The quantitative estimate of drug-likeness (QED) is 0.636. The summed E-state index contributed by atoms with van der Waals surface area (Å²) in [7, 11) is -1.15. The van der Waals surface area contributed by atoms with E-state index in [0.717, 1.165) is 12.7 Å². The van der Waals surface area contributed by atoms with Crippen LogP contribution in [0.4, 0.5) is 4.39 Å². The van der Waals surface area contributed by atoms with E-state index >= 15 is 0 Å². The van der Waals surface area contributed by atoms with Crippen molar-refractivity contribution >= 4 is 8.07 Å². The minimum Gasteiger partial charge on any atom is -0.302 e. The maximum absolute atomic E-state index is 13.5. The van der Waals surface area contributed by atoms with Gasteiger partial charge in [0.1, 0.15) is 6.07 Å². The zero-order valence-corrected chi connectivity index (χ0v) is 9.60. The van der Waals surface area contributed by atoms with Gasteiger partial charge in [-0.05, 0) is 6.17 Å². The van der Waals surface area contributed by atoms with Crippen molar-refractivity contribution in [3.63, 3.8) is 0 Å². The molecule has 0 N–H and O–H groups in total. The van der Waals surface area contributed by atoms with E-state index in [9.17, 15) is 4.39 Å². The second-order valence-corrected chi connectivity index (χ2v) is 10.5. The highest BCUT2D eigenvalue weighted by atomic mass is 28.3. The van der Waals surface area contributed by atoms with E-state index in [1.165, 1.54) is 0 Å². The van der Waals surface area contributed by atoms with Gasteiger partial charge in [0.15, 0.2) is 0 Å². The molecule has 0 aliphatic carbocycles. The smallest absolute Gasteiger partial charge is 0.209 e. The van der Waals surface area contributed by atoms with Gasteiger partial charge in [0.05, 0.1) is 8.07 Å². The first kappa shape index (κ1) is 10.7. The van der Waals surface area contributed by atoms with Crippen molar-refractivity contribution in [1.29, 1.82) is 5.26 Å². The third-order valence-corrected chi connectivity index (χ3v) is 3.59. The molecule has 0 bridgehead atoms. The van der Waals surface area contributed by atoms with Gasteiger partial charge in [-0.25, -0.2) is 4.39 Å². The van der Waals surface area contributed by atoms with Crippen LogP contribution in [0, 0.1) is 11.3 Å². The molecular weight excluding hydrogens is 183 g/mol. The molecular formula is C9H17FN2Si. The standard InChI is InChI=1S/C9H17FN2Si/c1-13(2,3)8-12-5-4-9(10,6-11)7-12/h4-5,7-8H2,1-3H3. The van der Waals surface area contributed by atoms with Crippen molar-refractivity contribution < 1.29 is 4.39 Å². The Bertz CT molecular complexity index is 231.